The fraction of sp³-hybridized carbons (Fsp3) is 0.600. The zero-order valence-corrected chi connectivity index (χ0v) is 14.4. The van der Waals surface area contributed by atoms with Gasteiger partial charge in [-0.1, -0.05) is 19.9 Å². The van der Waals surface area contributed by atoms with Gasteiger partial charge in [-0.2, -0.15) is 0 Å². The molecule has 1 heterocycles. The fourth-order valence-electron chi connectivity index (χ4n) is 2.71. The zero-order chi connectivity index (χ0) is 14.7. The SMILES string of the molecule is CC(C)C[C@@H](c1ccc(F)c(F)c1F)N1CCNCC1.Cl.Cl. The zero-order valence-electron chi connectivity index (χ0n) is 12.7. The Morgan fingerprint density at radius 2 is 1.64 bits per heavy atom. The first-order valence-corrected chi connectivity index (χ1v) is 7.09. The van der Waals surface area contributed by atoms with E-state index in [4.69, 9.17) is 0 Å². The Bertz CT molecular complexity index is 466. The number of piperazine rings is 1. The molecule has 2 nitrogen and oxygen atoms in total. The molecule has 7 heteroatoms. The van der Waals surface area contributed by atoms with Crippen molar-refractivity contribution < 1.29 is 13.2 Å². The van der Waals surface area contributed by atoms with Crippen LogP contribution < -0.4 is 5.32 Å². The molecule has 1 saturated heterocycles. The lowest BCUT2D eigenvalue weighted by Gasteiger charge is -2.36. The first-order chi connectivity index (χ1) is 9.50. The van der Waals surface area contributed by atoms with Crippen molar-refractivity contribution in [1.82, 2.24) is 10.2 Å². The first-order valence-electron chi connectivity index (χ1n) is 7.09. The summed E-state index contributed by atoms with van der Waals surface area (Å²) in [5, 5.41) is 3.24. The minimum absolute atomic E-state index is 0. The largest absolute Gasteiger partial charge is 0.314 e. The average Bonchev–Trinajstić information content (AvgIpc) is 2.44. The number of rotatable bonds is 4. The van der Waals surface area contributed by atoms with Crippen LogP contribution in [0.25, 0.3) is 0 Å². The van der Waals surface area contributed by atoms with Gasteiger partial charge in [0, 0.05) is 37.8 Å². The molecule has 1 aromatic rings. The minimum Gasteiger partial charge on any atom is -0.314 e. The number of nitrogens with one attached hydrogen (secondary N) is 1. The Morgan fingerprint density at radius 1 is 1.05 bits per heavy atom. The van der Waals surface area contributed by atoms with Crippen molar-refractivity contribution in [3.63, 3.8) is 0 Å². The highest BCUT2D eigenvalue weighted by molar-refractivity contribution is 5.85. The van der Waals surface area contributed by atoms with Crippen molar-refractivity contribution in [1.29, 1.82) is 0 Å². The molecule has 0 saturated carbocycles. The predicted molar refractivity (Wildman–Crippen MR) is 87.5 cm³/mol. The molecule has 0 bridgehead atoms. The van der Waals surface area contributed by atoms with Crippen LogP contribution in [0.5, 0.6) is 0 Å². The van der Waals surface area contributed by atoms with Gasteiger partial charge in [0.25, 0.3) is 0 Å². The normalized spacial score (nSPS) is 16.8. The van der Waals surface area contributed by atoms with E-state index >= 15 is 0 Å². The van der Waals surface area contributed by atoms with E-state index in [-0.39, 0.29) is 36.4 Å². The van der Waals surface area contributed by atoms with Gasteiger partial charge in [-0.3, -0.25) is 4.90 Å². The lowest BCUT2D eigenvalue weighted by molar-refractivity contribution is 0.150. The van der Waals surface area contributed by atoms with Crippen molar-refractivity contribution in [2.75, 3.05) is 26.2 Å². The third-order valence-corrected chi connectivity index (χ3v) is 3.71. The summed E-state index contributed by atoms with van der Waals surface area (Å²) in [6.07, 6.45) is 0.724. The summed E-state index contributed by atoms with van der Waals surface area (Å²) in [7, 11) is 0. The van der Waals surface area contributed by atoms with Gasteiger partial charge in [0.2, 0.25) is 0 Å². The van der Waals surface area contributed by atoms with E-state index in [1.807, 2.05) is 13.8 Å². The highest BCUT2D eigenvalue weighted by atomic mass is 35.5. The maximum absolute atomic E-state index is 14.1. The van der Waals surface area contributed by atoms with E-state index in [0.717, 1.165) is 38.7 Å². The molecule has 2 rings (SSSR count). The number of benzene rings is 1. The molecule has 0 spiro atoms. The lowest BCUT2D eigenvalue weighted by Crippen LogP contribution is -2.45. The van der Waals surface area contributed by atoms with Crippen LogP contribution >= 0.6 is 24.8 Å². The number of hydrogen-bond acceptors (Lipinski definition) is 2. The van der Waals surface area contributed by atoms with Crippen LogP contribution in [0.2, 0.25) is 0 Å². The molecule has 0 unspecified atom stereocenters. The van der Waals surface area contributed by atoms with Crippen LogP contribution in [0, 0.1) is 23.4 Å². The van der Waals surface area contributed by atoms with Gasteiger partial charge in [-0.05, 0) is 18.4 Å². The van der Waals surface area contributed by atoms with Crippen molar-refractivity contribution in [3.05, 3.63) is 35.1 Å². The Balaban J connectivity index is 0.00000220. The van der Waals surface area contributed by atoms with Gasteiger partial charge >= 0.3 is 0 Å². The van der Waals surface area contributed by atoms with Crippen LogP contribution in [-0.4, -0.2) is 31.1 Å². The topological polar surface area (TPSA) is 15.3 Å². The van der Waals surface area contributed by atoms with Crippen molar-refractivity contribution in [3.8, 4) is 0 Å². The second-order valence-electron chi connectivity index (χ2n) is 5.70. The molecule has 1 aromatic carbocycles. The third-order valence-electron chi connectivity index (χ3n) is 3.71. The Hall–Kier alpha value is -0.490. The Labute approximate surface area is 142 Å². The van der Waals surface area contributed by atoms with Crippen molar-refractivity contribution in [2.45, 2.75) is 26.3 Å². The number of nitrogens with zero attached hydrogens (tertiary/aromatic N) is 1. The van der Waals surface area contributed by atoms with Crippen LogP contribution in [0.3, 0.4) is 0 Å². The standard InChI is InChI=1S/C15H21F3N2.2ClH/c1-10(2)9-13(20-7-5-19-6-8-20)11-3-4-12(16)15(18)14(11)17;;/h3-4,10,13,19H,5-9H2,1-2H3;2*1H/t13-;;/m0../s1. The molecule has 22 heavy (non-hydrogen) atoms. The third kappa shape index (κ3) is 5.01. The fourth-order valence-corrected chi connectivity index (χ4v) is 2.71. The van der Waals surface area contributed by atoms with Gasteiger partial charge in [0.05, 0.1) is 0 Å². The summed E-state index contributed by atoms with van der Waals surface area (Å²) < 4.78 is 40.6. The molecular formula is C15H23Cl2F3N2. The van der Waals surface area contributed by atoms with Crippen LogP contribution in [-0.2, 0) is 0 Å². The van der Waals surface area contributed by atoms with Crippen LogP contribution in [0.1, 0.15) is 31.9 Å². The van der Waals surface area contributed by atoms with Gasteiger partial charge in [-0.25, -0.2) is 13.2 Å². The molecule has 0 aromatic heterocycles. The van der Waals surface area contributed by atoms with E-state index in [9.17, 15) is 13.2 Å². The molecule has 1 aliphatic rings. The smallest absolute Gasteiger partial charge is 0.194 e. The second kappa shape index (κ2) is 9.60. The highest BCUT2D eigenvalue weighted by Crippen LogP contribution is 2.31. The summed E-state index contributed by atoms with van der Waals surface area (Å²) in [6, 6.07) is 2.19. The van der Waals surface area contributed by atoms with E-state index in [1.165, 1.54) is 6.07 Å². The van der Waals surface area contributed by atoms with Gasteiger partial charge in [-0.15, -0.1) is 24.8 Å². The van der Waals surface area contributed by atoms with Gasteiger partial charge in [0.15, 0.2) is 17.5 Å². The quantitative estimate of drug-likeness (QED) is 0.820. The van der Waals surface area contributed by atoms with E-state index in [1.54, 1.807) is 0 Å². The summed E-state index contributed by atoms with van der Waals surface area (Å²) in [4.78, 5) is 2.15. The molecule has 1 N–H and O–H groups in total. The van der Waals surface area contributed by atoms with Gasteiger partial charge < -0.3 is 5.32 Å². The maximum Gasteiger partial charge on any atom is 0.194 e. The van der Waals surface area contributed by atoms with E-state index in [0.29, 0.717) is 5.92 Å². The van der Waals surface area contributed by atoms with E-state index < -0.39 is 17.5 Å². The lowest BCUT2D eigenvalue weighted by atomic mass is 9.94. The molecular weight excluding hydrogens is 336 g/mol. The predicted octanol–water partition coefficient (Wildman–Crippen LogP) is 3.94. The minimum atomic E-state index is -1.37. The molecule has 0 aliphatic carbocycles. The molecule has 0 amide bonds. The van der Waals surface area contributed by atoms with Gasteiger partial charge in [0.1, 0.15) is 0 Å². The molecule has 0 radical (unpaired) electrons. The molecule has 1 atom stereocenters. The Kier molecular flexibility index (Phi) is 9.39. The molecule has 128 valence electrons. The van der Waals surface area contributed by atoms with Crippen LogP contribution in [0.4, 0.5) is 13.2 Å². The molecule has 1 aliphatic heterocycles. The van der Waals surface area contributed by atoms with Crippen molar-refractivity contribution >= 4 is 24.8 Å². The van der Waals surface area contributed by atoms with Crippen LogP contribution in [0.15, 0.2) is 12.1 Å². The average molecular weight is 359 g/mol. The monoisotopic (exact) mass is 358 g/mol. The summed E-state index contributed by atoms with van der Waals surface area (Å²) in [6.45, 7) is 7.34. The summed E-state index contributed by atoms with van der Waals surface area (Å²) in [5.74, 6) is -3.20. The van der Waals surface area contributed by atoms with E-state index in [2.05, 4.69) is 10.2 Å². The van der Waals surface area contributed by atoms with Crippen molar-refractivity contribution in [2.24, 2.45) is 5.92 Å². The number of halogens is 5. The summed E-state index contributed by atoms with van der Waals surface area (Å²) in [5.41, 5.74) is 0.263. The second-order valence-corrected chi connectivity index (χ2v) is 5.70. The highest BCUT2D eigenvalue weighted by Gasteiger charge is 2.27. The number of hydrogen-bond donors (Lipinski definition) is 1. The maximum atomic E-state index is 14.1. The first kappa shape index (κ1) is 21.5. The Morgan fingerprint density at radius 3 is 2.18 bits per heavy atom. The summed E-state index contributed by atoms with van der Waals surface area (Å²) >= 11 is 0. The molecule has 1 fully saturated rings.